The van der Waals surface area contributed by atoms with Crippen molar-refractivity contribution in [3.05, 3.63) is 0 Å². The maximum Gasteiger partial charge on any atom is 0.0224 e. The number of alkyl halides is 1. The van der Waals surface area contributed by atoms with Crippen LogP contribution in [0, 0.1) is 0 Å². The third-order valence-electron chi connectivity index (χ3n) is 2.70. The zero-order valence-corrected chi connectivity index (χ0v) is 10.1. The van der Waals surface area contributed by atoms with Crippen LogP contribution in [0.5, 0.6) is 0 Å². The first-order valence-corrected chi connectivity index (χ1v) is 7.12. The Bertz CT molecular complexity index is 141. The van der Waals surface area contributed by atoms with E-state index in [1.165, 1.54) is 25.7 Å². The van der Waals surface area contributed by atoms with Crippen LogP contribution in [-0.4, -0.2) is 20.3 Å². The van der Waals surface area contributed by atoms with Gasteiger partial charge in [-0.1, -0.05) is 34.3 Å². The molecule has 11 heavy (non-hydrogen) atoms. The average Bonchev–Trinajstić information content (AvgIpc) is 2.23. The van der Waals surface area contributed by atoms with Gasteiger partial charge in [0.1, 0.15) is 0 Å². The lowest BCUT2D eigenvalue weighted by Crippen LogP contribution is -2.37. The molecule has 0 N–H and O–H groups in total. The number of nitrogens with zero attached hydrogens (tertiary/aromatic N) is 1. The van der Waals surface area contributed by atoms with Gasteiger partial charge in [-0.25, -0.2) is 4.31 Å². The first kappa shape index (κ1) is 8.97. The van der Waals surface area contributed by atoms with Crippen molar-refractivity contribution in [2.24, 2.45) is 0 Å². The van der Waals surface area contributed by atoms with Crippen LogP contribution in [0.4, 0.5) is 0 Å². The molecule has 2 aliphatic rings. The molecule has 0 aliphatic carbocycles. The Morgan fingerprint density at radius 2 is 1.82 bits per heavy atom. The SMILES string of the molecule is SSN1C2CCC1CC(I)C2. The van der Waals surface area contributed by atoms with Crippen LogP contribution in [0.1, 0.15) is 25.7 Å². The first-order valence-electron chi connectivity index (χ1n) is 4.05. The Morgan fingerprint density at radius 3 is 2.27 bits per heavy atom. The molecule has 2 rings (SSSR count). The van der Waals surface area contributed by atoms with Crippen molar-refractivity contribution in [3.8, 4) is 0 Å². The van der Waals surface area contributed by atoms with Gasteiger partial charge in [-0.15, -0.1) is 0 Å². The van der Waals surface area contributed by atoms with Crippen molar-refractivity contribution in [3.63, 3.8) is 0 Å². The van der Waals surface area contributed by atoms with Crippen LogP contribution in [-0.2, 0) is 0 Å². The fourth-order valence-electron chi connectivity index (χ4n) is 2.20. The lowest BCUT2D eigenvalue weighted by atomic mass is 10.1. The normalized spacial score (nSPS) is 44.7. The maximum atomic E-state index is 4.29. The molecule has 0 aromatic rings. The van der Waals surface area contributed by atoms with E-state index in [0.717, 1.165) is 16.0 Å². The van der Waals surface area contributed by atoms with Gasteiger partial charge in [0.2, 0.25) is 0 Å². The van der Waals surface area contributed by atoms with Gasteiger partial charge in [0.15, 0.2) is 0 Å². The predicted octanol–water partition coefficient (Wildman–Crippen LogP) is 2.91. The number of hydrogen-bond acceptors (Lipinski definition) is 3. The highest BCUT2D eigenvalue weighted by Gasteiger charge is 2.39. The minimum Gasteiger partial charge on any atom is -0.235 e. The van der Waals surface area contributed by atoms with Crippen molar-refractivity contribution in [2.45, 2.75) is 41.7 Å². The van der Waals surface area contributed by atoms with Crippen molar-refractivity contribution < 1.29 is 0 Å². The van der Waals surface area contributed by atoms with Gasteiger partial charge in [0.25, 0.3) is 0 Å². The van der Waals surface area contributed by atoms with Crippen molar-refractivity contribution >= 4 is 45.2 Å². The molecule has 0 saturated carbocycles. The molecular weight excluding hydrogens is 289 g/mol. The molecule has 0 amide bonds. The molecule has 2 heterocycles. The monoisotopic (exact) mass is 301 g/mol. The molecule has 2 unspecified atom stereocenters. The zero-order chi connectivity index (χ0) is 7.84. The topological polar surface area (TPSA) is 3.24 Å². The Kier molecular flexibility index (Phi) is 2.96. The van der Waals surface area contributed by atoms with Gasteiger partial charge in [-0.05, 0) is 36.7 Å². The summed E-state index contributed by atoms with van der Waals surface area (Å²) in [5.74, 6) is 0. The summed E-state index contributed by atoms with van der Waals surface area (Å²) in [5, 5.41) is 0. The van der Waals surface area contributed by atoms with Gasteiger partial charge >= 0.3 is 0 Å². The zero-order valence-electron chi connectivity index (χ0n) is 6.24. The molecule has 2 atom stereocenters. The summed E-state index contributed by atoms with van der Waals surface area (Å²) in [6.45, 7) is 0. The molecule has 2 fully saturated rings. The first-order chi connectivity index (χ1) is 5.31. The Balaban J connectivity index is 2.06. The van der Waals surface area contributed by atoms with Crippen LogP contribution >= 0.6 is 45.2 Å². The second kappa shape index (κ2) is 3.64. The molecule has 0 aromatic carbocycles. The Hall–Kier alpha value is 1.39. The lowest BCUT2D eigenvalue weighted by molar-refractivity contribution is 0.284. The molecule has 0 radical (unpaired) electrons. The molecule has 1 nitrogen and oxygen atoms in total. The van der Waals surface area contributed by atoms with Gasteiger partial charge < -0.3 is 0 Å². The number of hydrogen-bond donors (Lipinski definition) is 1. The molecule has 4 heteroatoms. The Labute approximate surface area is 90.8 Å². The summed E-state index contributed by atoms with van der Waals surface area (Å²) in [7, 11) is 1.65. The number of fused-ring (bicyclic) bond motifs is 2. The van der Waals surface area contributed by atoms with E-state index in [0.29, 0.717) is 0 Å². The van der Waals surface area contributed by atoms with Crippen molar-refractivity contribution in [1.82, 2.24) is 4.31 Å². The molecule has 0 spiro atoms. The summed E-state index contributed by atoms with van der Waals surface area (Å²) in [6, 6.07) is 1.66. The number of halogens is 1. The van der Waals surface area contributed by atoms with Gasteiger partial charge in [0, 0.05) is 16.0 Å². The smallest absolute Gasteiger partial charge is 0.0224 e. The maximum absolute atomic E-state index is 4.29. The molecule has 2 aliphatic heterocycles. The summed E-state index contributed by atoms with van der Waals surface area (Å²) in [6.07, 6.45) is 5.56. The van der Waals surface area contributed by atoms with Crippen molar-refractivity contribution in [2.75, 3.05) is 0 Å². The standard InChI is InChI=1S/C7H12INS2/c8-5-3-6-1-2-7(4-5)9(6)11-10/h5-7,10H,1-4H2. The van der Waals surface area contributed by atoms with Crippen LogP contribution < -0.4 is 0 Å². The second-order valence-electron chi connectivity index (χ2n) is 3.40. The van der Waals surface area contributed by atoms with E-state index < -0.39 is 0 Å². The van der Waals surface area contributed by atoms with Crippen LogP contribution in [0.15, 0.2) is 0 Å². The number of thiol groups is 1. The average molecular weight is 301 g/mol. The summed E-state index contributed by atoms with van der Waals surface area (Å²) < 4.78 is 3.42. The quantitative estimate of drug-likeness (QED) is 0.261. The highest BCUT2D eigenvalue weighted by atomic mass is 127. The fraction of sp³-hybridized carbons (Fsp3) is 1.00. The van der Waals surface area contributed by atoms with Gasteiger partial charge in [0.05, 0.1) is 0 Å². The van der Waals surface area contributed by atoms with Gasteiger partial charge in [-0.3, -0.25) is 0 Å². The molecule has 0 aromatic heterocycles. The Morgan fingerprint density at radius 1 is 1.27 bits per heavy atom. The summed E-state index contributed by atoms with van der Waals surface area (Å²) >= 11 is 6.88. The van der Waals surface area contributed by atoms with Crippen LogP contribution in [0.2, 0.25) is 0 Å². The second-order valence-corrected chi connectivity index (χ2v) is 6.23. The molecule has 64 valence electrons. The minimum atomic E-state index is 0.832. The third kappa shape index (κ3) is 1.69. The van der Waals surface area contributed by atoms with Gasteiger partial charge in [-0.2, -0.15) is 0 Å². The summed E-state index contributed by atoms with van der Waals surface area (Å²) in [4.78, 5) is 0. The third-order valence-corrected chi connectivity index (χ3v) is 5.07. The van der Waals surface area contributed by atoms with E-state index in [2.05, 4.69) is 38.6 Å². The minimum absolute atomic E-state index is 0.832. The molecule has 2 bridgehead atoms. The van der Waals surface area contributed by atoms with E-state index in [1.807, 2.05) is 0 Å². The predicted molar refractivity (Wildman–Crippen MR) is 62.3 cm³/mol. The van der Waals surface area contributed by atoms with E-state index >= 15 is 0 Å². The van der Waals surface area contributed by atoms with E-state index in [9.17, 15) is 0 Å². The summed E-state index contributed by atoms with van der Waals surface area (Å²) in [5.41, 5.74) is 0. The fourth-order valence-corrected chi connectivity index (χ4v) is 4.82. The lowest BCUT2D eigenvalue weighted by Gasteiger charge is -2.34. The van der Waals surface area contributed by atoms with E-state index in [1.54, 1.807) is 11.0 Å². The van der Waals surface area contributed by atoms with E-state index in [-0.39, 0.29) is 0 Å². The highest BCUT2D eigenvalue weighted by molar-refractivity contribution is 14.1. The molecular formula is C7H12INS2. The van der Waals surface area contributed by atoms with Crippen molar-refractivity contribution in [1.29, 1.82) is 0 Å². The largest absolute Gasteiger partial charge is 0.235 e. The molecule has 2 saturated heterocycles. The number of rotatable bonds is 1. The highest BCUT2D eigenvalue weighted by Crippen LogP contribution is 2.43. The van der Waals surface area contributed by atoms with Crippen LogP contribution in [0.3, 0.4) is 0 Å². The van der Waals surface area contributed by atoms with E-state index in [4.69, 9.17) is 0 Å². The van der Waals surface area contributed by atoms with Crippen LogP contribution in [0.25, 0.3) is 0 Å². The number of piperidine rings is 1.